The van der Waals surface area contributed by atoms with Crippen LogP contribution in [0, 0.1) is 5.92 Å². The Bertz CT molecular complexity index is 288. The van der Waals surface area contributed by atoms with Crippen molar-refractivity contribution in [2.75, 3.05) is 6.54 Å². The third kappa shape index (κ3) is 2.65. The van der Waals surface area contributed by atoms with Crippen LogP contribution in [0.1, 0.15) is 58.8 Å². The molecule has 3 nitrogen and oxygen atoms in total. The average Bonchev–Trinajstić information content (AvgIpc) is 2.50. The highest BCUT2D eigenvalue weighted by Crippen LogP contribution is 2.37. The van der Waals surface area contributed by atoms with Gasteiger partial charge in [0, 0.05) is 11.6 Å². The summed E-state index contributed by atoms with van der Waals surface area (Å²) in [5.74, 6) is -0.727. The van der Waals surface area contributed by atoms with E-state index in [4.69, 9.17) is 0 Å². The molecule has 1 saturated heterocycles. The molecule has 1 heterocycles. The molecule has 2 rings (SSSR count). The van der Waals surface area contributed by atoms with Crippen molar-refractivity contribution in [3.63, 3.8) is 0 Å². The van der Waals surface area contributed by atoms with Crippen molar-refractivity contribution in [1.29, 1.82) is 0 Å². The number of carbonyl (C=O) groups is 1. The Morgan fingerprint density at radius 3 is 2.47 bits per heavy atom. The summed E-state index contributed by atoms with van der Waals surface area (Å²) in [7, 11) is 0. The molecule has 0 amide bonds. The molecule has 0 aromatic carbocycles. The summed E-state index contributed by atoms with van der Waals surface area (Å²) in [5, 5.41) is 9.44. The fourth-order valence-electron chi connectivity index (χ4n) is 3.69. The summed E-state index contributed by atoms with van der Waals surface area (Å²) < 4.78 is 0. The van der Waals surface area contributed by atoms with Gasteiger partial charge in [0.05, 0.1) is 5.92 Å². The average molecular weight is 239 g/mol. The summed E-state index contributed by atoms with van der Waals surface area (Å²) in [6, 6.07) is 0.271. The molecule has 2 fully saturated rings. The molecule has 1 aliphatic carbocycles. The smallest absolute Gasteiger partial charge is 0.308 e. The molecule has 1 saturated carbocycles. The van der Waals surface area contributed by atoms with E-state index in [1.807, 2.05) is 0 Å². The van der Waals surface area contributed by atoms with Crippen molar-refractivity contribution in [3.8, 4) is 0 Å². The standard InChI is InChI=1S/C14H25NO2/c1-14(2)9-6-10-15(14)12-8-5-3-4-7-11(12)13(16)17/h11-12H,3-10H2,1-2H3,(H,16,17). The van der Waals surface area contributed by atoms with Gasteiger partial charge in [-0.3, -0.25) is 9.69 Å². The Hall–Kier alpha value is -0.570. The number of nitrogens with zero attached hydrogens (tertiary/aromatic N) is 1. The molecule has 98 valence electrons. The molecule has 2 aliphatic rings. The van der Waals surface area contributed by atoms with Crippen molar-refractivity contribution in [2.45, 2.75) is 70.4 Å². The van der Waals surface area contributed by atoms with Gasteiger partial charge in [-0.05, 0) is 46.1 Å². The van der Waals surface area contributed by atoms with Crippen LogP contribution in [0.15, 0.2) is 0 Å². The second kappa shape index (κ2) is 4.97. The molecule has 1 N–H and O–H groups in total. The maximum Gasteiger partial charge on any atom is 0.308 e. The van der Waals surface area contributed by atoms with Gasteiger partial charge in [-0.15, -0.1) is 0 Å². The largest absolute Gasteiger partial charge is 0.481 e. The van der Waals surface area contributed by atoms with Gasteiger partial charge >= 0.3 is 5.97 Å². The van der Waals surface area contributed by atoms with Gasteiger partial charge in [0.15, 0.2) is 0 Å². The topological polar surface area (TPSA) is 40.5 Å². The third-order valence-corrected chi connectivity index (χ3v) is 4.66. The van der Waals surface area contributed by atoms with Gasteiger partial charge in [0.2, 0.25) is 0 Å². The first-order valence-corrected chi connectivity index (χ1v) is 7.02. The minimum Gasteiger partial charge on any atom is -0.481 e. The zero-order chi connectivity index (χ0) is 12.5. The fourth-order valence-corrected chi connectivity index (χ4v) is 3.69. The quantitative estimate of drug-likeness (QED) is 0.753. The summed E-state index contributed by atoms with van der Waals surface area (Å²) in [5.41, 5.74) is 0.197. The highest BCUT2D eigenvalue weighted by Gasteiger charge is 2.42. The van der Waals surface area contributed by atoms with Crippen molar-refractivity contribution in [2.24, 2.45) is 5.92 Å². The lowest BCUT2D eigenvalue weighted by Gasteiger charge is -2.40. The van der Waals surface area contributed by atoms with Crippen LogP contribution in [0.5, 0.6) is 0 Å². The molecular formula is C14H25NO2. The lowest BCUT2D eigenvalue weighted by atomic mass is 9.90. The van der Waals surface area contributed by atoms with Crippen LogP contribution < -0.4 is 0 Å². The molecule has 1 aliphatic heterocycles. The second-order valence-electron chi connectivity index (χ2n) is 6.26. The van der Waals surface area contributed by atoms with Crippen LogP contribution in [0.4, 0.5) is 0 Å². The molecule has 0 radical (unpaired) electrons. The lowest BCUT2D eigenvalue weighted by Crippen LogP contribution is -2.50. The van der Waals surface area contributed by atoms with Crippen molar-refractivity contribution in [3.05, 3.63) is 0 Å². The molecule has 0 aromatic rings. The van der Waals surface area contributed by atoms with E-state index in [2.05, 4.69) is 18.7 Å². The number of rotatable bonds is 2. The highest BCUT2D eigenvalue weighted by atomic mass is 16.4. The van der Waals surface area contributed by atoms with E-state index >= 15 is 0 Å². The Balaban J connectivity index is 2.17. The van der Waals surface area contributed by atoms with E-state index in [1.54, 1.807) is 0 Å². The zero-order valence-corrected chi connectivity index (χ0v) is 11.1. The number of aliphatic carboxylic acids is 1. The Morgan fingerprint density at radius 2 is 1.88 bits per heavy atom. The molecule has 2 atom stereocenters. The Kier molecular flexibility index (Phi) is 3.76. The van der Waals surface area contributed by atoms with Crippen molar-refractivity contribution >= 4 is 5.97 Å². The van der Waals surface area contributed by atoms with Crippen LogP contribution in [-0.2, 0) is 4.79 Å². The molecule has 0 spiro atoms. The van der Waals surface area contributed by atoms with Crippen LogP contribution >= 0.6 is 0 Å². The molecule has 0 aromatic heterocycles. The Morgan fingerprint density at radius 1 is 1.18 bits per heavy atom. The van der Waals surface area contributed by atoms with Crippen LogP contribution in [-0.4, -0.2) is 34.1 Å². The normalized spacial score (nSPS) is 34.5. The first-order chi connectivity index (χ1) is 8.02. The third-order valence-electron chi connectivity index (χ3n) is 4.66. The van der Waals surface area contributed by atoms with Crippen LogP contribution in [0.2, 0.25) is 0 Å². The fraction of sp³-hybridized carbons (Fsp3) is 0.929. The van der Waals surface area contributed by atoms with Crippen molar-refractivity contribution in [1.82, 2.24) is 4.90 Å². The first-order valence-electron chi connectivity index (χ1n) is 7.02. The van der Waals surface area contributed by atoms with Crippen LogP contribution in [0.25, 0.3) is 0 Å². The lowest BCUT2D eigenvalue weighted by molar-refractivity contribution is -0.145. The predicted octanol–water partition coefficient (Wildman–Crippen LogP) is 2.89. The number of carboxylic acids is 1. The maximum absolute atomic E-state index is 11.5. The van der Waals surface area contributed by atoms with E-state index in [0.717, 1.165) is 25.8 Å². The summed E-state index contributed by atoms with van der Waals surface area (Å²) in [6.45, 7) is 5.62. The van der Waals surface area contributed by atoms with Gasteiger partial charge in [0.1, 0.15) is 0 Å². The minimum atomic E-state index is -0.584. The number of hydrogen-bond acceptors (Lipinski definition) is 2. The van der Waals surface area contributed by atoms with Gasteiger partial charge in [-0.25, -0.2) is 0 Å². The van der Waals surface area contributed by atoms with Gasteiger partial charge in [-0.2, -0.15) is 0 Å². The van der Waals surface area contributed by atoms with E-state index in [0.29, 0.717) is 0 Å². The van der Waals surface area contributed by atoms with Crippen LogP contribution in [0.3, 0.4) is 0 Å². The number of hydrogen-bond donors (Lipinski definition) is 1. The number of likely N-dealkylation sites (tertiary alicyclic amines) is 1. The predicted molar refractivity (Wildman–Crippen MR) is 68.0 cm³/mol. The maximum atomic E-state index is 11.5. The summed E-state index contributed by atoms with van der Waals surface area (Å²) >= 11 is 0. The molecule has 0 bridgehead atoms. The molecule has 17 heavy (non-hydrogen) atoms. The second-order valence-corrected chi connectivity index (χ2v) is 6.26. The van der Waals surface area contributed by atoms with Gasteiger partial charge in [-0.1, -0.05) is 19.3 Å². The summed E-state index contributed by atoms with van der Waals surface area (Å²) in [4.78, 5) is 13.9. The van der Waals surface area contributed by atoms with Crippen molar-refractivity contribution < 1.29 is 9.90 Å². The monoisotopic (exact) mass is 239 g/mol. The number of carboxylic acid groups (broad SMARTS) is 1. The van der Waals surface area contributed by atoms with Gasteiger partial charge < -0.3 is 5.11 Å². The highest BCUT2D eigenvalue weighted by molar-refractivity contribution is 5.71. The van der Waals surface area contributed by atoms with E-state index in [1.165, 1.54) is 25.7 Å². The molecule has 2 unspecified atom stereocenters. The van der Waals surface area contributed by atoms with E-state index in [9.17, 15) is 9.90 Å². The van der Waals surface area contributed by atoms with E-state index in [-0.39, 0.29) is 17.5 Å². The minimum absolute atomic E-state index is 0.144. The Labute approximate surface area is 104 Å². The molecular weight excluding hydrogens is 214 g/mol. The molecule has 3 heteroatoms. The SMILES string of the molecule is CC1(C)CCCN1C1CCCCCC1C(=O)O. The summed E-state index contributed by atoms with van der Waals surface area (Å²) in [6.07, 6.45) is 7.84. The first kappa shape index (κ1) is 12.9. The zero-order valence-electron chi connectivity index (χ0n) is 11.1. The van der Waals surface area contributed by atoms with Gasteiger partial charge in [0.25, 0.3) is 0 Å². The van der Waals surface area contributed by atoms with E-state index < -0.39 is 5.97 Å².